The van der Waals surface area contributed by atoms with E-state index >= 15 is 0 Å². The van der Waals surface area contributed by atoms with Crippen LogP contribution in [0.3, 0.4) is 0 Å². The molecule has 0 fully saturated rings. The molecule has 0 aliphatic rings. The normalized spacial score (nSPS) is 12.4. The lowest BCUT2D eigenvalue weighted by molar-refractivity contribution is 0.0827. The van der Waals surface area contributed by atoms with E-state index in [9.17, 15) is 24.8 Å². The summed E-state index contributed by atoms with van der Waals surface area (Å²) in [7, 11) is 6.43. The first kappa shape index (κ1) is 26.8. The van der Waals surface area contributed by atoms with Gasteiger partial charge in [0.05, 0.1) is 24.0 Å². The second-order valence-electron chi connectivity index (χ2n) is 9.23. The van der Waals surface area contributed by atoms with Gasteiger partial charge in [-0.2, -0.15) is 10.4 Å². The molecule has 4 rings (SSSR count). The van der Waals surface area contributed by atoms with Crippen molar-refractivity contribution in [2.24, 2.45) is 14.1 Å². The van der Waals surface area contributed by atoms with Gasteiger partial charge in [0.15, 0.2) is 5.69 Å². The summed E-state index contributed by atoms with van der Waals surface area (Å²) in [5.74, 6) is -2.88. The summed E-state index contributed by atoms with van der Waals surface area (Å²) in [6, 6.07) is 7.03. The van der Waals surface area contributed by atoms with Crippen molar-refractivity contribution in [3.8, 4) is 11.8 Å². The maximum absolute atomic E-state index is 13.0. The summed E-state index contributed by atoms with van der Waals surface area (Å²) in [5, 5.41) is 30.8. The van der Waals surface area contributed by atoms with Gasteiger partial charge < -0.3 is 19.8 Å². The molecule has 13 nitrogen and oxygen atoms in total. The third-order valence-corrected chi connectivity index (χ3v) is 6.36. The predicted molar refractivity (Wildman–Crippen MR) is 138 cm³/mol. The Morgan fingerprint density at radius 3 is 2.56 bits per heavy atom. The van der Waals surface area contributed by atoms with Crippen LogP contribution in [0.15, 0.2) is 52.4 Å². The molecule has 3 heterocycles. The molecular formula is C26H26N8O5. The average Bonchev–Trinajstić information content (AvgIpc) is 3.58. The van der Waals surface area contributed by atoms with Gasteiger partial charge in [-0.15, -0.1) is 0 Å². The fourth-order valence-electron chi connectivity index (χ4n) is 4.43. The number of hydrogen-bond donors (Lipinski definition) is 2. The first-order chi connectivity index (χ1) is 18.5. The number of aromatic hydroxyl groups is 1. The Labute approximate surface area is 222 Å². The summed E-state index contributed by atoms with van der Waals surface area (Å²) in [5.41, 5.74) is 0.823. The third kappa shape index (κ3) is 5.12. The van der Waals surface area contributed by atoms with E-state index in [2.05, 4.69) is 26.6 Å². The van der Waals surface area contributed by atoms with E-state index in [0.717, 1.165) is 4.57 Å². The molecule has 0 spiro atoms. The molecule has 2 atom stereocenters. The second-order valence-corrected chi connectivity index (χ2v) is 9.23. The van der Waals surface area contributed by atoms with Crippen LogP contribution < -0.4 is 10.9 Å². The zero-order chi connectivity index (χ0) is 28.4. The van der Waals surface area contributed by atoms with Crippen molar-refractivity contribution in [2.45, 2.75) is 18.8 Å². The van der Waals surface area contributed by atoms with Crippen molar-refractivity contribution < 1.29 is 19.2 Å². The summed E-state index contributed by atoms with van der Waals surface area (Å²) in [6.07, 6.45) is 5.86. The highest BCUT2D eigenvalue weighted by molar-refractivity contribution is 6.04. The Kier molecular flexibility index (Phi) is 7.30. The molecule has 2 N–H and O–H groups in total. The quantitative estimate of drug-likeness (QED) is 0.362. The van der Waals surface area contributed by atoms with E-state index in [4.69, 9.17) is 4.52 Å². The van der Waals surface area contributed by atoms with E-state index in [1.165, 1.54) is 30.5 Å². The average molecular weight is 531 g/mol. The summed E-state index contributed by atoms with van der Waals surface area (Å²) < 4.78 is 7.47. The van der Waals surface area contributed by atoms with Gasteiger partial charge in [0.2, 0.25) is 5.75 Å². The number of nitrogens with zero attached hydrogens (tertiary/aromatic N) is 7. The number of benzene rings is 1. The van der Waals surface area contributed by atoms with E-state index in [0.29, 0.717) is 16.7 Å². The number of hydrogen-bond acceptors (Lipinski definition) is 9. The monoisotopic (exact) mass is 530 g/mol. The van der Waals surface area contributed by atoms with Gasteiger partial charge in [0.25, 0.3) is 17.4 Å². The largest absolute Gasteiger partial charge is 0.501 e. The van der Waals surface area contributed by atoms with Crippen LogP contribution in [0.4, 0.5) is 5.69 Å². The van der Waals surface area contributed by atoms with Gasteiger partial charge in [-0.3, -0.25) is 23.6 Å². The number of nitrogens with one attached hydrogen (secondary N) is 1. The van der Waals surface area contributed by atoms with Crippen LogP contribution in [0.5, 0.6) is 5.75 Å². The fourth-order valence-corrected chi connectivity index (χ4v) is 4.43. The molecule has 0 unspecified atom stereocenters. The maximum atomic E-state index is 13.0. The van der Waals surface area contributed by atoms with Crippen molar-refractivity contribution >= 4 is 17.5 Å². The summed E-state index contributed by atoms with van der Waals surface area (Å²) >= 11 is 0. The van der Waals surface area contributed by atoms with Crippen molar-refractivity contribution in [3.63, 3.8) is 0 Å². The van der Waals surface area contributed by atoms with Gasteiger partial charge in [-0.1, -0.05) is 18.1 Å². The van der Waals surface area contributed by atoms with Crippen molar-refractivity contribution in [1.82, 2.24) is 29.4 Å². The Balaban J connectivity index is 1.86. The SMILES string of the molecule is C[C@@H](c1nc(C(=O)Nc2cnoc2)c(O)c(=O)n1C)[C@H](c1cnn(C)c1)c1ccc(C(=O)N(C)C)cc1C#N. The molecular weight excluding hydrogens is 504 g/mol. The highest BCUT2D eigenvalue weighted by atomic mass is 16.5. The summed E-state index contributed by atoms with van der Waals surface area (Å²) in [6.45, 7) is 1.79. The molecule has 39 heavy (non-hydrogen) atoms. The van der Waals surface area contributed by atoms with Crippen LogP contribution in [-0.4, -0.2) is 60.4 Å². The first-order valence-corrected chi connectivity index (χ1v) is 11.8. The van der Waals surface area contributed by atoms with Crippen molar-refractivity contribution in [3.05, 3.63) is 87.2 Å². The smallest absolute Gasteiger partial charge is 0.296 e. The molecule has 3 aromatic heterocycles. The summed E-state index contributed by atoms with van der Waals surface area (Å²) in [4.78, 5) is 44.2. The molecule has 13 heteroatoms. The van der Waals surface area contributed by atoms with Crippen LogP contribution in [0.1, 0.15) is 62.1 Å². The van der Waals surface area contributed by atoms with E-state index < -0.39 is 34.7 Å². The van der Waals surface area contributed by atoms with Gasteiger partial charge in [-0.25, -0.2) is 4.98 Å². The number of nitriles is 1. The predicted octanol–water partition coefficient (Wildman–Crippen LogP) is 1.97. The molecule has 200 valence electrons. The lowest BCUT2D eigenvalue weighted by Gasteiger charge is -2.26. The lowest BCUT2D eigenvalue weighted by Crippen LogP contribution is -2.29. The minimum Gasteiger partial charge on any atom is -0.501 e. The van der Waals surface area contributed by atoms with Crippen LogP contribution in [0, 0.1) is 11.3 Å². The molecule has 2 amide bonds. The van der Waals surface area contributed by atoms with Crippen LogP contribution >= 0.6 is 0 Å². The van der Waals surface area contributed by atoms with Gasteiger partial charge in [0, 0.05) is 51.8 Å². The molecule has 0 aliphatic heterocycles. The van der Waals surface area contributed by atoms with E-state index in [1.54, 1.807) is 57.3 Å². The van der Waals surface area contributed by atoms with Crippen LogP contribution in [-0.2, 0) is 14.1 Å². The molecule has 1 aromatic carbocycles. The minimum atomic E-state index is -0.830. The number of amides is 2. The Bertz CT molecular complexity index is 1650. The van der Waals surface area contributed by atoms with Gasteiger partial charge in [-0.05, 0) is 23.3 Å². The molecule has 0 bridgehead atoms. The second kappa shape index (κ2) is 10.6. The third-order valence-electron chi connectivity index (χ3n) is 6.36. The van der Waals surface area contributed by atoms with Gasteiger partial charge >= 0.3 is 0 Å². The lowest BCUT2D eigenvalue weighted by atomic mass is 9.80. The zero-order valence-electron chi connectivity index (χ0n) is 21.9. The Morgan fingerprint density at radius 1 is 1.23 bits per heavy atom. The van der Waals surface area contributed by atoms with Crippen LogP contribution in [0.25, 0.3) is 0 Å². The standard InChI is InChI=1S/C26H26N8O5/c1-14(23-31-21(22(35)26(38)34(23)5)24(36)30-18-11-29-39-13-18)20(17-10-28-33(4)12-17)19-7-6-15(8-16(19)9-27)25(37)32(2)3/h6-8,10-14,20,35H,1-5H3,(H,30,36)/t14-,20-/m1/s1. The number of aromatic nitrogens is 5. The Morgan fingerprint density at radius 2 is 1.97 bits per heavy atom. The molecule has 0 radical (unpaired) electrons. The van der Waals surface area contributed by atoms with Crippen molar-refractivity contribution in [2.75, 3.05) is 19.4 Å². The van der Waals surface area contributed by atoms with E-state index in [1.807, 2.05) is 0 Å². The molecule has 0 saturated carbocycles. The molecule has 0 saturated heterocycles. The highest BCUT2D eigenvalue weighted by Crippen LogP contribution is 2.39. The number of carbonyl (C=O) groups excluding carboxylic acids is 2. The minimum absolute atomic E-state index is 0.180. The number of carbonyl (C=O) groups is 2. The Hall–Kier alpha value is -5.25. The first-order valence-electron chi connectivity index (χ1n) is 11.8. The van der Waals surface area contributed by atoms with Crippen molar-refractivity contribution in [1.29, 1.82) is 5.26 Å². The fraction of sp³-hybridized carbons (Fsp3) is 0.269. The number of anilines is 1. The zero-order valence-corrected chi connectivity index (χ0v) is 21.9. The highest BCUT2D eigenvalue weighted by Gasteiger charge is 2.32. The van der Waals surface area contributed by atoms with E-state index in [-0.39, 0.29) is 23.0 Å². The van der Waals surface area contributed by atoms with Gasteiger partial charge in [0.1, 0.15) is 17.8 Å². The number of aryl methyl sites for hydroxylation is 1. The molecule has 0 aliphatic carbocycles. The molecule has 4 aromatic rings. The van der Waals surface area contributed by atoms with Crippen LogP contribution in [0.2, 0.25) is 0 Å². The topological polar surface area (TPSA) is 172 Å². The maximum Gasteiger partial charge on any atom is 0.296 e. The number of rotatable bonds is 7.